The maximum absolute atomic E-state index is 11.5. The van der Waals surface area contributed by atoms with E-state index in [1.54, 1.807) is 0 Å². The molecule has 1 aromatic rings. The zero-order valence-electron chi connectivity index (χ0n) is 11.6. The van der Waals surface area contributed by atoms with Crippen LogP contribution in [0.2, 0.25) is 0 Å². The molecule has 0 fully saturated rings. The van der Waals surface area contributed by atoms with E-state index in [-0.39, 0.29) is 23.9 Å². The number of carbonyl (C=O) groups excluding carboxylic acids is 1. The fourth-order valence-corrected chi connectivity index (χ4v) is 2.26. The highest BCUT2D eigenvalue weighted by atomic mass is 16.6. The van der Waals surface area contributed by atoms with Crippen molar-refractivity contribution < 1.29 is 14.4 Å². The van der Waals surface area contributed by atoms with Crippen LogP contribution in [0.25, 0.3) is 0 Å². The first-order chi connectivity index (χ1) is 9.02. The van der Waals surface area contributed by atoms with Gasteiger partial charge in [-0.2, -0.15) is 0 Å². The lowest BCUT2D eigenvalue weighted by atomic mass is 9.82. The molecule has 0 amide bonds. The second kappa shape index (κ2) is 5.43. The Morgan fingerprint density at radius 1 is 1.42 bits per heavy atom. The average Bonchev–Trinajstić information content (AvgIpc) is 2.41. The summed E-state index contributed by atoms with van der Waals surface area (Å²) >= 11 is 0. The van der Waals surface area contributed by atoms with Crippen molar-refractivity contribution in [2.24, 2.45) is 5.16 Å². The zero-order chi connectivity index (χ0) is 13.9. The van der Waals surface area contributed by atoms with Crippen molar-refractivity contribution in [3.8, 4) is 0 Å². The minimum absolute atomic E-state index is 0.101. The van der Waals surface area contributed by atoms with Crippen molar-refractivity contribution in [2.45, 2.75) is 38.2 Å². The molecule has 1 aliphatic rings. The van der Waals surface area contributed by atoms with Crippen LogP contribution in [-0.2, 0) is 14.4 Å². The molecule has 0 radical (unpaired) electrons. The number of oxime groups is 1. The van der Waals surface area contributed by atoms with E-state index in [0.29, 0.717) is 0 Å². The van der Waals surface area contributed by atoms with Gasteiger partial charge in [-0.3, -0.25) is 4.79 Å². The predicted molar refractivity (Wildman–Crippen MR) is 73.0 cm³/mol. The molecular formula is C15H19NO3. The first-order valence-corrected chi connectivity index (χ1v) is 6.38. The standard InChI is InChI=1S/C15H19NO3/c1-15(2)10-12(11-7-5-4-6-8-11)13(16-19-15)9-14(17)18-3/h4-8,12H,9-10H2,1-3H3/t12-/m0/s1. The topological polar surface area (TPSA) is 47.9 Å². The van der Waals surface area contributed by atoms with Crippen LogP contribution in [0, 0.1) is 0 Å². The number of carbonyl (C=O) groups is 1. The van der Waals surface area contributed by atoms with Crippen LogP contribution in [0.15, 0.2) is 35.5 Å². The summed E-state index contributed by atoms with van der Waals surface area (Å²) in [4.78, 5) is 16.9. The van der Waals surface area contributed by atoms with Crippen LogP contribution < -0.4 is 0 Å². The average molecular weight is 261 g/mol. The Kier molecular flexibility index (Phi) is 3.88. The lowest BCUT2D eigenvalue weighted by Crippen LogP contribution is -2.34. The van der Waals surface area contributed by atoms with Crippen LogP contribution in [0.3, 0.4) is 0 Å². The smallest absolute Gasteiger partial charge is 0.311 e. The number of esters is 1. The Balaban J connectivity index is 2.28. The third kappa shape index (κ3) is 3.34. The van der Waals surface area contributed by atoms with E-state index in [1.165, 1.54) is 7.11 Å². The van der Waals surface area contributed by atoms with E-state index >= 15 is 0 Å². The summed E-state index contributed by atoms with van der Waals surface area (Å²) in [7, 11) is 1.38. The molecule has 19 heavy (non-hydrogen) atoms. The van der Waals surface area contributed by atoms with Gasteiger partial charge in [0.1, 0.15) is 5.60 Å². The molecule has 0 N–H and O–H groups in total. The molecule has 0 bridgehead atoms. The Morgan fingerprint density at radius 2 is 2.11 bits per heavy atom. The quantitative estimate of drug-likeness (QED) is 0.786. The van der Waals surface area contributed by atoms with Gasteiger partial charge in [0.15, 0.2) is 0 Å². The number of rotatable bonds is 3. The van der Waals surface area contributed by atoms with E-state index in [1.807, 2.05) is 32.0 Å². The highest BCUT2D eigenvalue weighted by molar-refractivity contribution is 6.02. The van der Waals surface area contributed by atoms with Gasteiger partial charge < -0.3 is 9.57 Å². The van der Waals surface area contributed by atoms with E-state index in [9.17, 15) is 4.79 Å². The number of methoxy groups -OCH3 is 1. The lowest BCUT2D eigenvalue weighted by Gasteiger charge is -2.33. The highest BCUT2D eigenvalue weighted by Crippen LogP contribution is 2.34. The second-order valence-electron chi connectivity index (χ2n) is 5.35. The Hall–Kier alpha value is -1.84. The summed E-state index contributed by atoms with van der Waals surface area (Å²) in [6.07, 6.45) is 0.971. The largest absolute Gasteiger partial charge is 0.469 e. The van der Waals surface area contributed by atoms with Gasteiger partial charge in [0, 0.05) is 12.3 Å². The van der Waals surface area contributed by atoms with Crippen molar-refractivity contribution in [3.63, 3.8) is 0 Å². The first-order valence-electron chi connectivity index (χ1n) is 6.38. The molecule has 4 heteroatoms. The number of hydrogen-bond donors (Lipinski definition) is 0. The maximum atomic E-state index is 11.5. The van der Waals surface area contributed by atoms with Gasteiger partial charge in [-0.1, -0.05) is 35.5 Å². The summed E-state index contributed by atoms with van der Waals surface area (Å²) in [5, 5.41) is 4.14. The van der Waals surface area contributed by atoms with Gasteiger partial charge in [0.05, 0.1) is 19.2 Å². The molecule has 0 unspecified atom stereocenters. The van der Waals surface area contributed by atoms with E-state index in [0.717, 1.165) is 17.7 Å². The molecule has 102 valence electrons. The number of ether oxygens (including phenoxy) is 1. The van der Waals surface area contributed by atoms with Gasteiger partial charge in [-0.15, -0.1) is 0 Å². The van der Waals surface area contributed by atoms with Gasteiger partial charge >= 0.3 is 5.97 Å². The number of hydrogen-bond acceptors (Lipinski definition) is 4. The van der Waals surface area contributed by atoms with Gasteiger partial charge in [-0.25, -0.2) is 0 Å². The molecule has 1 heterocycles. The van der Waals surface area contributed by atoms with Crippen LogP contribution in [0.5, 0.6) is 0 Å². The summed E-state index contributed by atoms with van der Waals surface area (Å²) in [5.41, 5.74) is 1.57. The molecular weight excluding hydrogens is 242 g/mol. The molecule has 4 nitrogen and oxygen atoms in total. The van der Waals surface area contributed by atoms with Crippen molar-refractivity contribution >= 4 is 11.7 Å². The SMILES string of the molecule is COC(=O)CC1=NOC(C)(C)C[C@H]1c1ccccc1. The Morgan fingerprint density at radius 3 is 2.74 bits per heavy atom. The van der Waals surface area contributed by atoms with Gasteiger partial charge in [0.2, 0.25) is 0 Å². The zero-order valence-corrected chi connectivity index (χ0v) is 11.6. The molecule has 0 aromatic heterocycles. The van der Waals surface area contributed by atoms with E-state index in [4.69, 9.17) is 9.57 Å². The second-order valence-corrected chi connectivity index (χ2v) is 5.35. The lowest BCUT2D eigenvalue weighted by molar-refractivity contribution is -0.139. The fraction of sp³-hybridized carbons (Fsp3) is 0.467. The normalized spacial score (nSPS) is 21.2. The Bertz CT molecular complexity index is 479. The molecule has 1 aromatic carbocycles. The van der Waals surface area contributed by atoms with Crippen molar-refractivity contribution in [1.29, 1.82) is 0 Å². The molecule has 0 aliphatic carbocycles. The molecule has 0 saturated heterocycles. The van der Waals surface area contributed by atoms with Crippen molar-refractivity contribution in [1.82, 2.24) is 0 Å². The Labute approximate surface area is 113 Å². The van der Waals surface area contributed by atoms with Crippen LogP contribution in [-0.4, -0.2) is 24.4 Å². The van der Waals surface area contributed by atoms with E-state index in [2.05, 4.69) is 17.3 Å². The highest BCUT2D eigenvalue weighted by Gasteiger charge is 2.34. The van der Waals surface area contributed by atoms with Crippen LogP contribution >= 0.6 is 0 Å². The summed E-state index contributed by atoms with van der Waals surface area (Å²) in [5.74, 6) is -0.188. The van der Waals surface area contributed by atoms with Crippen LogP contribution in [0.1, 0.15) is 38.2 Å². The van der Waals surface area contributed by atoms with Crippen molar-refractivity contribution in [3.05, 3.63) is 35.9 Å². The summed E-state index contributed by atoms with van der Waals surface area (Å²) in [6, 6.07) is 10.1. The van der Waals surface area contributed by atoms with Gasteiger partial charge in [0.25, 0.3) is 0 Å². The third-order valence-electron chi connectivity index (χ3n) is 3.26. The van der Waals surface area contributed by atoms with E-state index < -0.39 is 0 Å². The molecule has 2 rings (SSSR count). The molecule has 0 spiro atoms. The first kappa shape index (κ1) is 13.6. The fourth-order valence-electron chi connectivity index (χ4n) is 2.26. The van der Waals surface area contributed by atoms with Gasteiger partial charge in [-0.05, 0) is 19.4 Å². The minimum Gasteiger partial charge on any atom is -0.469 e. The minimum atomic E-state index is -0.319. The number of nitrogens with zero attached hydrogens (tertiary/aromatic N) is 1. The number of benzene rings is 1. The summed E-state index contributed by atoms with van der Waals surface area (Å²) < 4.78 is 4.71. The summed E-state index contributed by atoms with van der Waals surface area (Å²) in [6.45, 7) is 4.00. The molecule has 1 aliphatic heterocycles. The molecule has 0 saturated carbocycles. The third-order valence-corrected chi connectivity index (χ3v) is 3.26. The molecule has 1 atom stereocenters. The van der Waals surface area contributed by atoms with Crippen LogP contribution in [0.4, 0.5) is 0 Å². The van der Waals surface area contributed by atoms with Crippen molar-refractivity contribution in [2.75, 3.05) is 7.11 Å². The maximum Gasteiger partial charge on any atom is 0.311 e. The predicted octanol–water partition coefficient (Wildman–Crippen LogP) is 2.89. The monoisotopic (exact) mass is 261 g/mol.